The number of amides is 1. The molecule has 15 heavy (non-hydrogen) atoms. The van der Waals surface area contributed by atoms with Gasteiger partial charge in [-0.3, -0.25) is 4.79 Å². The summed E-state index contributed by atoms with van der Waals surface area (Å²) in [5.41, 5.74) is 0. The van der Waals surface area contributed by atoms with Gasteiger partial charge in [0.15, 0.2) is 0 Å². The number of rotatable bonds is 6. The number of ether oxygens (including phenoxy) is 1. The zero-order valence-corrected chi connectivity index (χ0v) is 9.71. The summed E-state index contributed by atoms with van der Waals surface area (Å²) in [6.45, 7) is 0.925. The van der Waals surface area contributed by atoms with Gasteiger partial charge in [-0.25, -0.2) is 0 Å². The molecule has 1 amide bonds. The Morgan fingerprint density at radius 2 is 2.27 bits per heavy atom. The molecule has 0 radical (unpaired) electrons. The van der Waals surface area contributed by atoms with Gasteiger partial charge in [0, 0.05) is 26.6 Å². The first kappa shape index (κ1) is 12.5. The van der Waals surface area contributed by atoms with E-state index in [0.29, 0.717) is 18.6 Å². The number of hydrogen-bond acceptors (Lipinski definition) is 3. The van der Waals surface area contributed by atoms with Gasteiger partial charge in [-0.05, 0) is 32.2 Å². The van der Waals surface area contributed by atoms with Crippen LogP contribution < -0.4 is 10.6 Å². The van der Waals surface area contributed by atoms with E-state index in [1.54, 1.807) is 14.2 Å². The summed E-state index contributed by atoms with van der Waals surface area (Å²) in [6.07, 6.45) is 5.41. The third-order valence-electron chi connectivity index (χ3n) is 3.01. The van der Waals surface area contributed by atoms with E-state index in [9.17, 15) is 4.79 Å². The van der Waals surface area contributed by atoms with Crippen molar-refractivity contribution in [1.29, 1.82) is 0 Å². The van der Waals surface area contributed by atoms with Crippen molar-refractivity contribution >= 4 is 5.91 Å². The Morgan fingerprint density at radius 3 is 2.87 bits per heavy atom. The van der Waals surface area contributed by atoms with Gasteiger partial charge >= 0.3 is 0 Å². The average molecular weight is 214 g/mol. The lowest BCUT2D eigenvalue weighted by atomic mass is 10.2. The second kappa shape index (κ2) is 6.80. The van der Waals surface area contributed by atoms with E-state index in [4.69, 9.17) is 4.74 Å². The van der Waals surface area contributed by atoms with Gasteiger partial charge in [0.25, 0.3) is 0 Å². The van der Waals surface area contributed by atoms with Crippen LogP contribution in [-0.2, 0) is 9.53 Å². The Kier molecular flexibility index (Phi) is 5.65. The highest BCUT2D eigenvalue weighted by molar-refractivity contribution is 5.75. The van der Waals surface area contributed by atoms with Crippen molar-refractivity contribution in [1.82, 2.24) is 10.6 Å². The molecule has 1 fully saturated rings. The first-order valence-corrected chi connectivity index (χ1v) is 5.73. The fourth-order valence-corrected chi connectivity index (χ4v) is 2.02. The molecule has 0 aromatic carbocycles. The summed E-state index contributed by atoms with van der Waals surface area (Å²) in [4.78, 5) is 10.9. The van der Waals surface area contributed by atoms with Crippen molar-refractivity contribution in [3.63, 3.8) is 0 Å². The van der Waals surface area contributed by atoms with Gasteiger partial charge in [-0.2, -0.15) is 0 Å². The van der Waals surface area contributed by atoms with Crippen LogP contribution in [0.5, 0.6) is 0 Å². The second-order valence-corrected chi connectivity index (χ2v) is 4.10. The molecule has 4 nitrogen and oxygen atoms in total. The van der Waals surface area contributed by atoms with Gasteiger partial charge in [0.1, 0.15) is 0 Å². The van der Waals surface area contributed by atoms with Crippen LogP contribution in [-0.4, -0.2) is 38.8 Å². The van der Waals surface area contributed by atoms with Crippen LogP contribution in [0.25, 0.3) is 0 Å². The molecule has 1 aliphatic rings. The number of carbonyl (C=O) groups excluding carboxylic acids is 1. The fourth-order valence-electron chi connectivity index (χ4n) is 2.02. The first-order valence-electron chi connectivity index (χ1n) is 5.73. The molecule has 4 heteroatoms. The highest BCUT2D eigenvalue weighted by atomic mass is 16.5. The van der Waals surface area contributed by atoms with E-state index in [2.05, 4.69) is 10.6 Å². The Morgan fingerprint density at radius 1 is 1.47 bits per heavy atom. The summed E-state index contributed by atoms with van der Waals surface area (Å²) < 4.78 is 5.30. The molecule has 0 aliphatic heterocycles. The summed E-state index contributed by atoms with van der Waals surface area (Å²) in [7, 11) is 3.45. The van der Waals surface area contributed by atoms with Crippen molar-refractivity contribution < 1.29 is 9.53 Å². The smallest absolute Gasteiger partial charge is 0.219 e. The quantitative estimate of drug-likeness (QED) is 0.639. The van der Waals surface area contributed by atoms with Crippen LogP contribution in [0.2, 0.25) is 0 Å². The van der Waals surface area contributed by atoms with Crippen molar-refractivity contribution in [3.05, 3.63) is 0 Å². The molecule has 0 bridgehead atoms. The molecular formula is C11H22N2O2. The molecule has 0 aromatic rings. The fraction of sp³-hybridized carbons (Fsp3) is 0.909. The zero-order chi connectivity index (χ0) is 11.1. The first-order chi connectivity index (χ1) is 7.26. The van der Waals surface area contributed by atoms with Crippen LogP contribution in [0.15, 0.2) is 0 Å². The van der Waals surface area contributed by atoms with E-state index in [1.807, 2.05) is 0 Å². The molecule has 0 spiro atoms. The second-order valence-electron chi connectivity index (χ2n) is 4.10. The summed E-state index contributed by atoms with van der Waals surface area (Å²) in [5.74, 6) is 0.123. The van der Waals surface area contributed by atoms with Crippen molar-refractivity contribution in [2.24, 2.45) is 0 Å². The standard InChI is InChI=1S/C11H22N2O2/c1-12-11(14)4-3-7-13-9-5-6-10(8-9)15-2/h9-10,13H,3-8H2,1-2H3,(H,12,14). The van der Waals surface area contributed by atoms with E-state index >= 15 is 0 Å². The minimum atomic E-state index is 0.123. The predicted octanol–water partition coefficient (Wildman–Crippen LogP) is 0.670. The lowest BCUT2D eigenvalue weighted by Gasteiger charge is -2.12. The molecule has 1 saturated carbocycles. The number of methoxy groups -OCH3 is 1. The minimum Gasteiger partial charge on any atom is -0.381 e. The van der Waals surface area contributed by atoms with Gasteiger partial charge in [0.05, 0.1) is 6.10 Å². The average Bonchev–Trinajstić information content (AvgIpc) is 2.72. The zero-order valence-electron chi connectivity index (χ0n) is 9.71. The molecule has 0 aromatic heterocycles. The Balaban J connectivity index is 1.99. The SMILES string of the molecule is CNC(=O)CCCNC1CCC(OC)C1. The summed E-state index contributed by atoms with van der Waals surface area (Å²) in [5, 5.41) is 6.09. The molecule has 1 aliphatic carbocycles. The molecule has 88 valence electrons. The lowest BCUT2D eigenvalue weighted by Crippen LogP contribution is -2.29. The highest BCUT2D eigenvalue weighted by Crippen LogP contribution is 2.21. The molecule has 0 saturated heterocycles. The third-order valence-corrected chi connectivity index (χ3v) is 3.01. The Labute approximate surface area is 91.8 Å². The molecular weight excluding hydrogens is 192 g/mol. The molecule has 2 atom stereocenters. The lowest BCUT2D eigenvalue weighted by molar-refractivity contribution is -0.120. The minimum absolute atomic E-state index is 0.123. The van der Waals surface area contributed by atoms with Crippen molar-refractivity contribution in [3.8, 4) is 0 Å². The third kappa shape index (κ3) is 4.62. The predicted molar refractivity (Wildman–Crippen MR) is 59.7 cm³/mol. The Hall–Kier alpha value is -0.610. The molecule has 2 N–H and O–H groups in total. The Bertz CT molecular complexity index is 197. The molecule has 1 rings (SSSR count). The van der Waals surface area contributed by atoms with Crippen LogP contribution >= 0.6 is 0 Å². The van der Waals surface area contributed by atoms with Gasteiger partial charge in [0.2, 0.25) is 5.91 Å². The van der Waals surface area contributed by atoms with E-state index in [-0.39, 0.29) is 5.91 Å². The normalized spacial score (nSPS) is 25.5. The molecule has 2 unspecified atom stereocenters. The summed E-state index contributed by atoms with van der Waals surface area (Å²) in [6, 6.07) is 0.583. The van der Waals surface area contributed by atoms with E-state index in [0.717, 1.165) is 25.8 Å². The van der Waals surface area contributed by atoms with Crippen LogP contribution in [0, 0.1) is 0 Å². The largest absolute Gasteiger partial charge is 0.381 e. The maximum absolute atomic E-state index is 10.9. The van der Waals surface area contributed by atoms with E-state index < -0.39 is 0 Å². The maximum Gasteiger partial charge on any atom is 0.219 e. The van der Waals surface area contributed by atoms with E-state index in [1.165, 1.54) is 6.42 Å². The van der Waals surface area contributed by atoms with Crippen molar-refractivity contribution in [2.75, 3.05) is 20.7 Å². The van der Waals surface area contributed by atoms with Crippen LogP contribution in [0.1, 0.15) is 32.1 Å². The highest BCUT2D eigenvalue weighted by Gasteiger charge is 2.23. The van der Waals surface area contributed by atoms with Gasteiger partial charge < -0.3 is 15.4 Å². The van der Waals surface area contributed by atoms with Crippen molar-refractivity contribution in [2.45, 2.75) is 44.2 Å². The number of carbonyl (C=O) groups is 1. The van der Waals surface area contributed by atoms with Crippen LogP contribution in [0.3, 0.4) is 0 Å². The maximum atomic E-state index is 10.9. The topological polar surface area (TPSA) is 50.4 Å². The number of nitrogens with one attached hydrogen (secondary N) is 2. The van der Waals surface area contributed by atoms with Gasteiger partial charge in [-0.15, -0.1) is 0 Å². The number of hydrogen-bond donors (Lipinski definition) is 2. The van der Waals surface area contributed by atoms with Gasteiger partial charge in [-0.1, -0.05) is 0 Å². The molecule has 0 heterocycles. The monoisotopic (exact) mass is 214 g/mol. The summed E-state index contributed by atoms with van der Waals surface area (Å²) >= 11 is 0. The van der Waals surface area contributed by atoms with Crippen LogP contribution in [0.4, 0.5) is 0 Å².